The largest absolute Gasteiger partial charge is 0.502 e. The van der Waals surface area contributed by atoms with Gasteiger partial charge < -0.3 is 15.3 Å². The lowest BCUT2D eigenvalue weighted by Crippen LogP contribution is -2.29. The van der Waals surface area contributed by atoms with E-state index in [4.69, 9.17) is 10.2 Å². The zero-order valence-corrected chi connectivity index (χ0v) is 16.7. The first-order chi connectivity index (χ1) is 14.5. The van der Waals surface area contributed by atoms with Crippen LogP contribution in [-0.4, -0.2) is 34.0 Å². The molecule has 3 N–H and O–H groups in total. The zero-order valence-electron chi connectivity index (χ0n) is 16.7. The van der Waals surface area contributed by atoms with Gasteiger partial charge in [-0.05, 0) is 49.7 Å². The maximum atomic E-state index is 12.5. The summed E-state index contributed by atoms with van der Waals surface area (Å²) in [5, 5.41) is 11.4. The topological polar surface area (TPSA) is 110 Å². The molecule has 7 heteroatoms. The molecule has 156 valence electrons. The summed E-state index contributed by atoms with van der Waals surface area (Å²) in [5.41, 5.74) is 6.52. The second-order valence-corrected chi connectivity index (χ2v) is 7.81. The van der Waals surface area contributed by atoms with Crippen LogP contribution in [-0.2, 0) is 11.3 Å². The van der Waals surface area contributed by atoms with Crippen LogP contribution in [0.4, 0.5) is 0 Å². The number of benzene rings is 1. The maximum Gasteiger partial charge on any atom is 0.227 e. The van der Waals surface area contributed by atoms with Crippen molar-refractivity contribution in [2.75, 3.05) is 13.1 Å². The Kier molecular flexibility index (Phi) is 5.81. The summed E-state index contributed by atoms with van der Waals surface area (Å²) in [6, 6.07) is 10.6. The van der Waals surface area contributed by atoms with Crippen molar-refractivity contribution in [2.45, 2.75) is 38.1 Å². The minimum atomic E-state index is -0.666. The second-order valence-electron chi connectivity index (χ2n) is 7.81. The van der Waals surface area contributed by atoms with Crippen molar-refractivity contribution in [3.63, 3.8) is 0 Å². The monoisotopic (exact) mass is 407 g/mol. The van der Waals surface area contributed by atoms with Gasteiger partial charge in [0.1, 0.15) is 5.76 Å². The number of aromatic nitrogens is 1. The number of fused-ring (bicyclic) bond motifs is 1. The first kappa shape index (κ1) is 20.1. The summed E-state index contributed by atoms with van der Waals surface area (Å²) in [7, 11) is 0. The number of nitrogens with two attached hydrogens (primary N) is 1. The van der Waals surface area contributed by atoms with E-state index in [1.165, 1.54) is 12.5 Å². The molecule has 2 aromatic heterocycles. The van der Waals surface area contributed by atoms with Crippen LogP contribution in [0.25, 0.3) is 10.9 Å². The van der Waals surface area contributed by atoms with Gasteiger partial charge in [-0.25, -0.2) is 0 Å². The van der Waals surface area contributed by atoms with E-state index < -0.39 is 23.0 Å². The van der Waals surface area contributed by atoms with Crippen LogP contribution >= 0.6 is 0 Å². The highest BCUT2D eigenvalue weighted by molar-refractivity contribution is 5.80. The molecule has 0 spiro atoms. The van der Waals surface area contributed by atoms with Crippen LogP contribution in [0.5, 0.6) is 5.75 Å². The van der Waals surface area contributed by atoms with Gasteiger partial charge in [-0.3, -0.25) is 19.5 Å². The molecule has 1 aliphatic heterocycles. The highest BCUT2D eigenvalue weighted by atomic mass is 16.4. The van der Waals surface area contributed by atoms with Crippen molar-refractivity contribution < 1.29 is 14.3 Å². The van der Waals surface area contributed by atoms with Gasteiger partial charge in [0, 0.05) is 24.1 Å². The molecule has 0 bridgehead atoms. The van der Waals surface area contributed by atoms with Gasteiger partial charge in [0.25, 0.3) is 0 Å². The lowest BCUT2D eigenvalue weighted by atomic mass is 9.91. The molecule has 3 heterocycles. The Labute approximate surface area is 174 Å². The van der Waals surface area contributed by atoms with Crippen molar-refractivity contribution in [1.29, 1.82) is 0 Å². The van der Waals surface area contributed by atoms with Crippen LogP contribution in [0, 0.1) is 0 Å². The van der Waals surface area contributed by atoms with Crippen LogP contribution in [0.1, 0.15) is 48.7 Å². The summed E-state index contributed by atoms with van der Waals surface area (Å²) >= 11 is 0. The predicted octanol–water partition coefficient (Wildman–Crippen LogP) is 2.89. The number of hydrogen-bond acceptors (Lipinski definition) is 6. The molecule has 1 aromatic carbocycles. The molecular weight excluding hydrogens is 382 g/mol. The number of likely N-dealkylation sites (tertiary alicyclic amines) is 1. The summed E-state index contributed by atoms with van der Waals surface area (Å²) in [6.45, 7) is 2.39. The van der Waals surface area contributed by atoms with E-state index in [1.54, 1.807) is 6.20 Å². The van der Waals surface area contributed by atoms with E-state index >= 15 is 0 Å². The van der Waals surface area contributed by atoms with Crippen molar-refractivity contribution in [3.8, 4) is 5.75 Å². The van der Waals surface area contributed by atoms with E-state index in [1.807, 2.05) is 30.3 Å². The van der Waals surface area contributed by atoms with Crippen molar-refractivity contribution >= 4 is 16.8 Å². The average Bonchev–Trinajstić information content (AvgIpc) is 2.75. The Bertz CT molecular complexity index is 1120. The quantitative estimate of drug-likeness (QED) is 0.650. The Morgan fingerprint density at radius 1 is 1.20 bits per heavy atom. The van der Waals surface area contributed by atoms with Gasteiger partial charge in [0.05, 0.1) is 18.0 Å². The van der Waals surface area contributed by atoms with E-state index in [2.05, 4.69) is 9.88 Å². The smallest absolute Gasteiger partial charge is 0.227 e. The molecule has 4 rings (SSSR count). The summed E-state index contributed by atoms with van der Waals surface area (Å²) in [5.74, 6) is -1.13. The molecule has 30 heavy (non-hydrogen) atoms. The van der Waals surface area contributed by atoms with Gasteiger partial charge >= 0.3 is 0 Å². The fraction of sp³-hybridized carbons (Fsp3) is 0.348. The number of carbonyl (C=O) groups excluding carboxylic acids is 1. The number of amides is 1. The van der Waals surface area contributed by atoms with Gasteiger partial charge in [-0.2, -0.15) is 0 Å². The highest BCUT2D eigenvalue weighted by Gasteiger charge is 2.26. The molecule has 1 unspecified atom stereocenters. The van der Waals surface area contributed by atoms with Crippen LogP contribution in [0.15, 0.2) is 51.8 Å². The van der Waals surface area contributed by atoms with E-state index in [0.717, 1.165) is 42.4 Å². The SMILES string of the molecule is NC(=O)CC(c1ccc2ncccc2c1)c1oc(CN2CCCCC2)cc(=O)c1O. The molecule has 0 aliphatic carbocycles. The first-order valence-corrected chi connectivity index (χ1v) is 10.2. The second kappa shape index (κ2) is 8.67. The normalized spacial score (nSPS) is 15.9. The lowest BCUT2D eigenvalue weighted by Gasteiger charge is -2.26. The number of primary amides is 1. The fourth-order valence-electron chi connectivity index (χ4n) is 4.08. The molecule has 1 atom stereocenters. The van der Waals surface area contributed by atoms with Gasteiger partial charge in [-0.15, -0.1) is 0 Å². The highest BCUT2D eigenvalue weighted by Crippen LogP contribution is 2.34. The Hall–Kier alpha value is -3.19. The first-order valence-electron chi connectivity index (χ1n) is 10.2. The Morgan fingerprint density at radius 3 is 2.77 bits per heavy atom. The van der Waals surface area contributed by atoms with E-state index in [0.29, 0.717) is 12.3 Å². The Morgan fingerprint density at radius 2 is 2.00 bits per heavy atom. The van der Waals surface area contributed by atoms with Crippen molar-refractivity contribution in [1.82, 2.24) is 9.88 Å². The standard InChI is InChI=1S/C23H25N3O4/c24-21(28)13-18(15-6-7-19-16(11-15)5-4-8-25-19)23-22(29)20(27)12-17(30-23)14-26-9-2-1-3-10-26/h4-8,11-12,18,29H,1-3,9-10,13-14H2,(H2,24,28). The number of nitrogens with zero attached hydrogens (tertiary/aromatic N) is 2. The number of aromatic hydroxyl groups is 1. The van der Waals surface area contributed by atoms with Crippen molar-refractivity contribution in [3.05, 3.63) is 69.9 Å². The molecule has 0 saturated carbocycles. The van der Waals surface area contributed by atoms with Gasteiger partial charge in [0.2, 0.25) is 17.1 Å². The summed E-state index contributed by atoms with van der Waals surface area (Å²) in [6.07, 6.45) is 5.06. The molecule has 1 fully saturated rings. The fourth-order valence-corrected chi connectivity index (χ4v) is 4.08. The van der Waals surface area contributed by atoms with Gasteiger partial charge in [0.15, 0.2) is 5.76 Å². The molecule has 3 aromatic rings. The average molecular weight is 407 g/mol. The number of piperidine rings is 1. The van der Waals surface area contributed by atoms with E-state index in [-0.39, 0.29) is 12.2 Å². The molecule has 7 nitrogen and oxygen atoms in total. The predicted molar refractivity (Wildman–Crippen MR) is 113 cm³/mol. The number of carbonyl (C=O) groups is 1. The van der Waals surface area contributed by atoms with Crippen LogP contribution in [0.3, 0.4) is 0 Å². The number of rotatable bonds is 6. The summed E-state index contributed by atoms with van der Waals surface area (Å²) < 4.78 is 6.01. The number of pyridine rings is 1. The summed E-state index contributed by atoms with van der Waals surface area (Å²) in [4.78, 5) is 30.8. The lowest BCUT2D eigenvalue weighted by molar-refractivity contribution is -0.118. The Balaban J connectivity index is 1.75. The maximum absolute atomic E-state index is 12.5. The molecule has 1 aliphatic rings. The van der Waals surface area contributed by atoms with Crippen molar-refractivity contribution in [2.24, 2.45) is 5.73 Å². The minimum absolute atomic E-state index is 0.0801. The zero-order chi connectivity index (χ0) is 21.1. The minimum Gasteiger partial charge on any atom is -0.502 e. The van der Waals surface area contributed by atoms with Crippen LogP contribution < -0.4 is 11.2 Å². The van der Waals surface area contributed by atoms with Gasteiger partial charge in [-0.1, -0.05) is 18.6 Å². The molecule has 1 saturated heterocycles. The molecule has 0 radical (unpaired) electrons. The third-order valence-corrected chi connectivity index (χ3v) is 5.58. The van der Waals surface area contributed by atoms with Crippen LogP contribution in [0.2, 0.25) is 0 Å². The third kappa shape index (κ3) is 4.36. The molecular formula is C23H25N3O4. The molecule has 1 amide bonds. The third-order valence-electron chi connectivity index (χ3n) is 5.58. The van der Waals surface area contributed by atoms with E-state index in [9.17, 15) is 14.7 Å². The number of hydrogen-bond donors (Lipinski definition) is 2.